The van der Waals surface area contributed by atoms with Crippen LogP contribution in [0.4, 0.5) is 4.79 Å². The second-order valence-corrected chi connectivity index (χ2v) is 1.37. The Bertz CT molecular complexity index is 34.6. The minimum absolute atomic E-state index is 0. The molecule has 0 fully saturated rings. The maximum atomic E-state index is 9.21. The third kappa shape index (κ3) is 45.1. The molecule has 1 amide bonds. The molecular formula is CH4INOSn. The summed E-state index contributed by atoms with van der Waals surface area (Å²) in [6.45, 7) is 0. The summed E-state index contributed by atoms with van der Waals surface area (Å²) in [5, 5.41) is 0. The first-order chi connectivity index (χ1) is 1.73. The summed E-state index contributed by atoms with van der Waals surface area (Å²) in [5.41, 5.74) is 4.46. The van der Waals surface area contributed by atoms with Gasteiger partial charge in [-0.2, -0.15) is 0 Å². The van der Waals surface area contributed by atoms with Gasteiger partial charge in [-0.15, -0.1) is 0 Å². The van der Waals surface area contributed by atoms with Crippen molar-refractivity contribution in [3.63, 3.8) is 0 Å². The maximum absolute atomic E-state index is 9.21. The second-order valence-electron chi connectivity index (χ2n) is 0.304. The van der Waals surface area contributed by atoms with Crippen molar-refractivity contribution in [1.82, 2.24) is 0 Å². The average molecular weight is 292 g/mol. The molecule has 0 heterocycles. The molecule has 0 saturated carbocycles. The van der Waals surface area contributed by atoms with Crippen LogP contribution in [0.5, 0.6) is 0 Å². The van der Waals surface area contributed by atoms with E-state index in [0.717, 1.165) is 0 Å². The Hall–Kier alpha value is 0.999. The molecule has 0 spiro atoms. The van der Waals surface area contributed by atoms with Gasteiger partial charge in [-0.1, -0.05) is 0 Å². The zero-order valence-electron chi connectivity index (χ0n) is 2.57. The van der Waals surface area contributed by atoms with Crippen molar-refractivity contribution in [1.29, 1.82) is 0 Å². The Morgan fingerprint density at radius 1 is 1.80 bits per heavy atom. The fourth-order valence-corrected chi connectivity index (χ4v) is 0. The van der Waals surface area contributed by atoms with E-state index in [1.165, 1.54) is 22.6 Å². The van der Waals surface area contributed by atoms with Gasteiger partial charge in [0.05, 0.1) is 0 Å². The molecule has 5 heavy (non-hydrogen) atoms. The summed E-state index contributed by atoms with van der Waals surface area (Å²) < 4.78 is -0.363. The zero-order valence-corrected chi connectivity index (χ0v) is 8.76. The molecule has 0 aliphatic carbocycles. The van der Waals surface area contributed by atoms with Gasteiger partial charge < -0.3 is 5.73 Å². The number of carbonyl (C=O) groups is 1. The van der Waals surface area contributed by atoms with E-state index < -0.39 is 0 Å². The molecular weight excluding hydrogens is 288 g/mol. The Kier molecular flexibility index (Phi) is 9.37. The Morgan fingerprint density at radius 3 is 1.80 bits per heavy atom. The van der Waals surface area contributed by atoms with Crippen LogP contribution in [0.25, 0.3) is 0 Å². The SMILES string of the molecule is NC(=O)I.[SnH2]. The molecule has 0 aromatic heterocycles. The topological polar surface area (TPSA) is 43.1 Å². The molecule has 2 N–H and O–H groups in total. The molecule has 0 aromatic carbocycles. The van der Waals surface area contributed by atoms with Crippen LogP contribution in [0, 0.1) is 0 Å². The van der Waals surface area contributed by atoms with Gasteiger partial charge in [0.25, 0.3) is 3.91 Å². The summed E-state index contributed by atoms with van der Waals surface area (Å²) in [4.78, 5) is 9.21. The van der Waals surface area contributed by atoms with Crippen LogP contribution in [0.1, 0.15) is 0 Å². The molecule has 0 saturated heterocycles. The van der Waals surface area contributed by atoms with Crippen LogP contribution < -0.4 is 5.73 Å². The quantitative estimate of drug-likeness (QED) is 0.280. The average Bonchev–Trinajstić information content (AvgIpc) is 0.811. The van der Waals surface area contributed by atoms with Crippen molar-refractivity contribution < 1.29 is 4.79 Å². The van der Waals surface area contributed by atoms with Crippen molar-refractivity contribution in [3.05, 3.63) is 0 Å². The van der Waals surface area contributed by atoms with Gasteiger partial charge in [0.1, 0.15) is 0 Å². The molecule has 0 atom stereocenters. The fraction of sp³-hybridized carbons (Fsp3) is 0. The molecule has 30 valence electrons. The normalized spacial score (nSPS) is 5.00. The first-order valence-electron chi connectivity index (χ1n) is 0.682. The summed E-state index contributed by atoms with van der Waals surface area (Å²) >= 11 is 1.48. The van der Waals surface area contributed by atoms with Gasteiger partial charge in [-0.3, -0.25) is 4.79 Å². The zero-order chi connectivity index (χ0) is 3.58. The van der Waals surface area contributed by atoms with Crippen molar-refractivity contribution >= 4 is 50.4 Å². The van der Waals surface area contributed by atoms with Crippen molar-refractivity contribution in [2.45, 2.75) is 0 Å². The number of amides is 1. The standard InChI is InChI=1S/CH2INO.Sn.2H/c2-1(3)4;;;/h(H2,3,4);;;. The van der Waals surface area contributed by atoms with Gasteiger partial charge in [0.2, 0.25) is 0 Å². The van der Waals surface area contributed by atoms with E-state index >= 15 is 0 Å². The number of primary amides is 1. The Labute approximate surface area is 60.6 Å². The predicted molar refractivity (Wildman–Crippen MR) is 32.1 cm³/mol. The molecule has 2 nitrogen and oxygen atoms in total. The third-order valence-electron chi connectivity index (χ3n) is 0. The molecule has 0 aliphatic rings. The molecule has 0 bridgehead atoms. The first kappa shape index (κ1) is 9.37. The Balaban J connectivity index is 0. The van der Waals surface area contributed by atoms with Crippen molar-refractivity contribution in [3.8, 4) is 0 Å². The number of carbonyl (C=O) groups excluding carboxylic acids is 1. The first-order valence-corrected chi connectivity index (χ1v) is 1.76. The fourth-order valence-electron chi connectivity index (χ4n) is 0. The van der Waals surface area contributed by atoms with E-state index in [1.807, 2.05) is 0 Å². The number of nitrogens with two attached hydrogens (primary N) is 1. The predicted octanol–water partition coefficient (Wildman–Crippen LogP) is -0.416. The second kappa shape index (κ2) is 5.00. The summed E-state index contributed by atoms with van der Waals surface area (Å²) in [6, 6.07) is 0. The summed E-state index contributed by atoms with van der Waals surface area (Å²) in [5.74, 6) is 0. The van der Waals surface area contributed by atoms with Crippen LogP contribution in [0.3, 0.4) is 0 Å². The van der Waals surface area contributed by atoms with E-state index in [9.17, 15) is 4.79 Å². The van der Waals surface area contributed by atoms with Crippen LogP contribution >= 0.6 is 22.6 Å². The van der Waals surface area contributed by atoms with Gasteiger partial charge in [-0.25, -0.2) is 0 Å². The monoisotopic (exact) mass is 293 g/mol. The van der Waals surface area contributed by atoms with Gasteiger partial charge >= 0.3 is 23.9 Å². The van der Waals surface area contributed by atoms with E-state index in [0.29, 0.717) is 0 Å². The van der Waals surface area contributed by atoms with Crippen molar-refractivity contribution in [2.24, 2.45) is 5.73 Å². The van der Waals surface area contributed by atoms with Gasteiger partial charge in [-0.05, 0) is 0 Å². The van der Waals surface area contributed by atoms with Crippen LogP contribution in [0.2, 0.25) is 0 Å². The third-order valence-corrected chi connectivity index (χ3v) is 0. The van der Waals surface area contributed by atoms with E-state index in [2.05, 4.69) is 5.73 Å². The molecule has 0 aliphatic heterocycles. The van der Waals surface area contributed by atoms with Crippen LogP contribution in [0.15, 0.2) is 0 Å². The molecule has 0 aromatic rings. The molecule has 2 radical (unpaired) electrons. The molecule has 0 unspecified atom stereocenters. The summed E-state index contributed by atoms with van der Waals surface area (Å²) in [7, 11) is 0. The summed E-state index contributed by atoms with van der Waals surface area (Å²) in [6.07, 6.45) is 0. The van der Waals surface area contributed by atoms with E-state index in [4.69, 9.17) is 0 Å². The number of halogens is 1. The number of rotatable bonds is 0. The minimum atomic E-state index is -0.363. The van der Waals surface area contributed by atoms with Gasteiger partial charge in [0.15, 0.2) is 0 Å². The number of hydrogen-bond donors (Lipinski definition) is 1. The molecule has 4 heteroatoms. The van der Waals surface area contributed by atoms with Crippen LogP contribution in [-0.4, -0.2) is 27.8 Å². The Morgan fingerprint density at radius 2 is 1.80 bits per heavy atom. The molecule has 0 rings (SSSR count). The van der Waals surface area contributed by atoms with Crippen molar-refractivity contribution in [2.75, 3.05) is 0 Å². The van der Waals surface area contributed by atoms with Gasteiger partial charge in [0, 0.05) is 22.6 Å². The number of hydrogen-bond acceptors (Lipinski definition) is 1. The van der Waals surface area contributed by atoms with E-state index in [-0.39, 0.29) is 27.8 Å². The van der Waals surface area contributed by atoms with Crippen LogP contribution in [-0.2, 0) is 0 Å². The van der Waals surface area contributed by atoms with E-state index in [1.54, 1.807) is 0 Å².